The zero-order valence-electron chi connectivity index (χ0n) is 8.59. The second kappa shape index (κ2) is 5.27. The highest BCUT2D eigenvalue weighted by Gasteiger charge is 2.10. The molecule has 0 aliphatic rings. The Hall–Kier alpha value is -1.43. The third-order valence-corrected chi connectivity index (χ3v) is 3.24. The Labute approximate surface area is 106 Å². The molecule has 2 aromatic rings. The first-order chi connectivity index (χ1) is 8.22. The summed E-state index contributed by atoms with van der Waals surface area (Å²) in [6, 6.07) is 6.96. The molecule has 0 amide bonds. The number of halogens is 1. The molecule has 0 unspecified atom stereocenters. The molecule has 0 bridgehead atoms. The lowest BCUT2D eigenvalue weighted by molar-refractivity contribution is 0.112. The topological polar surface area (TPSA) is 59.4 Å². The Morgan fingerprint density at radius 2 is 2.35 bits per heavy atom. The average Bonchev–Trinajstić information content (AvgIpc) is 2.69. The van der Waals surface area contributed by atoms with E-state index in [1.54, 1.807) is 24.3 Å². The van der Waals surface area contributed by atoms with E-state index in [9.17, 15) is 4.79 Å². The predicted molar refractivity (Wildman–Crippen MR) is 65.0 cm³/mol. The van der Waals surface area contributed by atoms with Crippen molar-refractivity contribution in [1.29, 1.82) is 0 Å². The van der Waals surface area contributed by atoms with Gasteiger partial charge in [-0.05, 0) is 17.7 Å². The number of aliphatic hydroxyl groups excluding tert-OH is 1. The SMILES string of the molecule is O=Cc1sc(Oc2cccc(CO)c2)nc1Cl. The van der Waals surface area contributed by atoms with Gasteiger partial charge in [-0.3, -0.25) is 4.79 Å². The van der Waals surface area contributed by atoms with Gasteiger partial charge in [0.2, 0.25) is 0 Å². The van der Waals surface area contributed by atoms with Crippen LogP contribution in [0.15, 0.2) is 24.3 Å². The monoisotopic (exact) mass is 269 g/mol. The fourth-order valence-corrected chi connectivity index (χ4v) is 2.15. The Balaban J connectivity index is 2.21. The maximum absolute atomic E-state index is 10.6. The molecule has 6 heteroatoms. The Morgan fingerprint density at radius 1 is 1.53 bits per heavy atom. The van der Waals surface area contributed by atoms with E-state index >= 15 is 0 Å². The lowest BCUT2D eigenvalue weighted by atomic mass is 10.2. The Bertz CT molecular complexity index is 541. The number of thiazole rings is 1. The Kier molecular flexibility index (Phi) is 3.73. The quantitative estimate of drug-likeness (QED) is 0.867. The molecule has 0 saturated heterocycles. The third-order valence-electron chi connectivity index (χ3n) is 1.98. The van der Waals surface area contributed by atoms with E-state index in [-0.39, 0.29) is 11.8 Å². The van der Waals surface area contributed by atoms with Crippen molar-refractivity contribution < 1.29 is 14.6 Å². The lowest BCUT2D eigenvalue weighted by Gasteiger charge is -2.02. The van der Waals surface area contributed by atoms with Crippen molar-refractivity contribution in [2.45, 2.75) is 6.61 Å². The molecule has 0 atom stereocenters. The van der Waals surface area contributed by atoms with Crippen LogP contribution < -0.4 is 4.74 Å². The van der Waals surface area contributed by atoms with E-state index in [0.29, 0.717) is 22.1 Å². The highest BCUT2D eigenvalue weighted by Crippen LogP contribution is 2.31. The summed E-state index contributed by atoms with van der Waals surface area (Å²) in [5, 5.41) is 9.41. The van der Waals surface area contributed by atoms with Crippen LogP contribution in [0.1, 0.15) is 15.2 Å². The molecule has 0 aliphatic carbocycles. The number of benzene rings is 1. The van der Waals surface area contributed by atoms with Crippen LogP contribution in [-0.2, 0) is 6.61 Å². The van der Waals surface area contributed by atoms with Crippen LogP contribution >= 0.6 is 22.9 Å². The van der Waals surface area contributed by atoms with Crippen LogP contribution in [0.3, 0.4) is 0 Å². The highest BCUT2D eigenvalue weighted by molar-refractivity contribution is 7.15. The van der Waals surface area contributed by atoms with Crippen molar-refractivity contribution in [1.82, 2.24) is 4.98 Å². The van der Waals surface area contributed by atoms with Gasteiger partial charge in [0, 0.05) is 0 Å². The summed E-state index contributed by atoms with van der Waals surface area (Å²) < 4.78 is 5.44. The molecule has 2 rings (SSSR count). The zero-order chi connectivity index (χ0) is 12.3. The summed E-state index contributed by atoms with van der Waals surface area (Å²) in [7, 11) is 0. The van der Waals surface area contributed by atoms with Crippen molar-refractivity contribution in [3.05, 3.63) is 39.9 Å². The van der Waals surface area contributed by atoms with Crippen molar-refractivity contribution >= 4 is 29.2 Å². The molecule has 0 radical (unpaired) electrons. The first kappa shape index (κ1) is 12.0. The van der Waals surface area contributed by atoms with Gasteiger partial charge in [-0.25, -0.2) is 0 Å². The largest absolute Gasteiger partial charge is 0.431 e. The number of hydrogen-bond donors (Lipinski definition) is 1. The molecule has 0 saturated carbocycles. The summed E-state index contributed by atoms with van der Waals surface area (Å²) >= 11 is 6.79. The summed E-state index contributed by atoms with van der Waals surface area (Å²) in [4.78, 5) is 14.8. The van der Waals surface area contributed by atoms with Gasteiger partial charge in [-0.2, -0.15) is 4.98 Å². The summed E-state index contributed by atoms with van der Waals surface area (Å²) in [5.74, 6) is 0.541. The number of carbonyl (C=O) groups excluding carboxylic acids is 1. The van der Waals surface area contributed by atoms with E-state index in [4.69, 9.17) is 21.4 Å². The number of aromatic nitrogens is 1. The molecule has 0 spiro atoms. The van der Waals surface area contributed by atoms with Gasteiger partial charge < -0.3 is 9.84 Å². The minimum Gasteiger partial charge on any atom is -0.431 e. The van der Waals surface area contributed by atoms with E-state index in [0.717, 1.165) is 16.9 Å². The molecule has 4 nitrogen and oxygen atoms in total. The van der Waals surface area contributed by atoms with Crippen LogP contribution in [0.25, 0.3) is 0 Å². The lowest BCUT2D eigenvalue weighted by Crippen LogP contribution is -1.86. The fraction of sp³-hybridized carbons (Fsp3) is 0.0909. The molecule has 17 heavy (non-hydrogen) atoms. The van der Waals surface area contributed by atoms with Gasteiger partial charge in [0.1, 0.15) is 10.6 Å². The number of nitrogens with zero attached hydrogens (tertiary/aromatic N) is 1. The van der Waals surface area contributed by atoms with E-state index in [2.05, 4.69) is 4.98 Å². The first-order valence-corrected chi connectivity index (χ1v) is 5.91. The molecule has 1 aromatic heterocycles. The first-order valence-electron chi connectivity index (χ1n) is 4.72. The number of aldehydes is 1. The molecule has 88 valence electrons. The van der Waals surface area contributed by atoms with E-state index in [1.807, 2.05) is 0 Å². The number of rotatable bonds is 4. The zero-order valence-corrected chi connectivity index (χ0v) is 10.2. The fourth-order valence-electron chi connectivity index (χ4n) is 1.22. The number of ether oxygens (including phenoxy) is 1. The molecule has 0 fully saturated rings. The third kappa shape index (κ3) is 2.82. The van der Waals surface area contributed by atoms with Gasteiger partial charge in [0.15, 0.2) is 11.4 Å². The summed E-state index contributed by atoms with van der Waals surface area (Å²) in [5.41, 5.74) is 0.737. The van der Waals surface area contributed by atoms with E-state index < -0.39 is 0 Å². The van der Waals surface area contributed by atoms with Gasteiger partial charge in [0.05, 0.1) is 6.61 Å². The number of carbonyl (C=O) groups is 1. The second-order valence-electron chi connectivity index (χ2n) is 3.16. The summed E-state index contributed by atoms with van der Waals surface area (Å²) in [6.07, 6.45) is 0.636. The van der Waals surface area contributed by atoms with Crippen molar-refractivity contribution in [3.63, 3.8) is 0 Å². The van der Waals surface area contributed by atoms with Crippen LogP contribution in [0, 0.1) is 0 Å². The predicted octanol–water partition coefficient (Wildman–Crippen LogP) is 2.89. The molecular weight excluding hydrogens is 262 g/mol. The minimum absolute atomic E-state index is 0.0601. The average molecular weight is 270 g/mol. The second-order valence-corrected chi connectivity index (χ2v) is 4.51. The smallest absolute Gasteiger partial charge is 0.280 e. The molecule has 1 heterocycles. The van der Waals surface area contributed by atoms with Gasteiger partial charge in [0.25, 0.3) is 5.19 Å². The molecule has 1 aromatic carbocycles. The van der Waals surface area contributed by atoms with Gasteiger partial charge >= 0.3 is 0 Å². The van der Waals surface area contributed by atoms with Crippen LogP contribution in [0.2, 0.25) is 5.15 Å². The van der Waals surface area contributed by atoms with Crippen molar-refractivity contribution in [3.8, 4) is 10.9 Å². The van der Waals surface area contributed by atoms with Gasteiger partial charge in [-0.1, -0.05) is 35.1 Å². The molecule has 1 N–H and O–H groups in total. The number of aliphatic hydroxyl groups is 1. The minimum atomic E-state index is -0.0601. The van der Waals surface area contributed by atoms with Crippen LogP contribution in [0.4, 0.5) is 0 Å². The van der Waals surface area contributed by atoms with E-state index in [1.165, 1.54) is 0 Å². The molecular formula is C11H8ClNO3S. The number of hydrogen-bond acceptors (Lipinski definition) is 5. The summed E-state index contributed by atoms with van der Waals surface area (Å²) in [6.45, 7) is -0.0601. The van der Waals surface area contributed by atoms with Crippen molar-refractivity contribution in [2.24, 2.45) is 0 Å². The van der Waals surface area contributed by atoms with Crippen LogP contribution in [0.5, 0.6) is 10.9 Å². The maximum atomic E-state index is 10.6. The van der Waals surface area contributed by atoms with Crippen molar-refractivity contribution in [2.75, 3.05) is 0 Å². The normalized spacial score (nSPS) is 10.2. The van der Waals surface area contributed by atoms with Crippen LogP contribution in [-0.4, -0.2) is 16.4 Å². The molecule has 0 aliphatic heterocycles. The highest BCUT2D eigenvalue weighted by atomic mass is 35.5. The Morgan fingerprint density at radius 3 is 3.00 bits per heavy atom. The standard InChI is InChI=1S/C11H8ClNO3S/c12-10-9(6-15)17-11(13-10)16-8-3-1-2-7(4-8)5-14/h1-4,6,14H,5H2. The van der Waals surface area contributed by atoms with Gasteiger partial charge in [-0.15, -0.1) is 0 Å². The maximum Gasteiger partial charge on any atom is 0.280 e.